The molecule has 2 aromatic rings. The van der Waals surface area contributed by atoms with Crippen molar-refractivity contribution in [2.24, 2.45) is 5.10 Å². The van der Waals surface area contributed by atoms with Crippen LogP contribution in [0.25, 0.3) is 0 Å². The summed E-state index contributed by atoms with van der Waals surface area (Å²) in [5, 5.41) is 6.15. The zero-order valence-corrected chi connectivity index (χ0v) is 13.2. The number of methoxy groups -OCH3 is 2. The quantitative estimate of drug-likeness (QED) is 0.468. The third-order valence-electron chi connectivity index (χ3n) is 3.02. The fourth-order valence-electron chi connectivity index (χ4n) is 1.80. The van der Waals surface area contributed by atoms with E-state index in [9.17, 15) is 9.59 Å². The summed E-state index contributed by atoms with van der Waals surface area (Å²) in [5.74, 6) is -0.00175. The van der Waals surface area contributed by atoms with Gasteiger partial charge in [-0.1, -0.05) is 0 Å². The molecule has 126 valence electrons. The number of rotatable bonds is 6. The number of nitrogens with one attached hydrogen (secondary N) is 2. The number of ether oxygens (including phenoxy) is 2. The second-order valence-corrected chi connectivity index (χ2v) is 4.57. The van der Waals surface area contributed by atoms with Gasteiger partial charge in [0.15, 0.2) is 0 Å². The lowest BCUT2D eigenvalue weighted by Gasteiger charge is -2.07. The van der Waals surface area contributed by atoms with Gasteiger partial charge in [0.05, 0.1) is 33.2 Å². The fraction of sp³-hybridized carbons (Fsp3) is 0.188. The molecule has 2 rings (SSSR count). The van der Waals surface area contributed by atoms with Crippen LogP contribution >= 0.6 is 0 Å². The summed E-state index contributed by atoms with van der Waals surface area (Å²) < 4.78 is 15.3. The minimum absolute atomic E-state index is 0.120. The maximum Gasteiger partial charge on any atom is 0.329 e. The van der Waals surface area contributed by atoms with Crippen molar-refractivity contribution in [1.82, 2.24) is 10.7 Å². The predicted molar refractivity (Wildman–Crippen MR) is 85.8 cm³/mol. The smallest absolute Gasteiger partial charge is 0.329 e. The summed E-state index contributed by atoms with van der Waals surface area (Å²) in [7, 11) is 3.05. The van der Waals surface area contributed by atoms with Gasteiger partial charge in [0, 0.05) is 11.6 Å². The van der Waals surface area contributed by atoms with E-state index >= 15 is 0 Å². The van der Waals surface area contributed by atoms with E-state index in [0.29, 0.717) is 22.8 Å². The first-order valence-corrected chi connectivity index (χ1v) is 6.99. The highest BCUT2D eigenvalue weighted by molar-refractivity contribution is 6.35. The number of nitrogens with zero attached hydrogens (tertiary/aromatic N) is 1. The maximum atomic E-state index is 11.6. The summed E-state index contributed by atoms with van der Waals surface area (Å²) in [4.78, 5) is 23.2. The van der Waals surface area contributed by atoms with Crippen molar-refractivity contribution in [2.45, 2.75) is 6.54 Å². The van der Waals surface area contributed by atoms with Gasteiger partial charge in [-0.05, 0) is 24.3 Å². The van der Waals surface area contributed by atoms with Crippen LogP contribution in [0, 0.1) is 0 Å². The van der Waals surface area contributed by atoms with Gasteiger partial charge in [0.25, 0.3) is 0 Å². The van der Waals surface area contributed by atoms with Crippen LogP contribution in [-0.4, -0.2) is 32.2 Å². The van der Waals surface area contributed by atoms with Crippen LogP contribution < -0.4 is 20.2 Å². The molecular weight excluding hydrogens is 314 g/mol. The van der Waals surface area contributed by atoms with Crippen molar-refractivity contribution in [2.75, 3.05) is 14.2 Å². The zero-order chi connectivity index (χ0) is 17.4. The third kappa shape index (κ3) is 4.60. The van der Waals surface area contributed by atoms with Gasteiger partial charge in [-0.3, -0.25) is 9.59 Å². The first kappa shape index (κ1) is 17.1. The fourth-order valence-corrected chi connectivity index (χ4v) is 1.80. The Kier molecular flexibility index (Phi) is 5.95. The van der Waals surface area contributed by atoms with Gasteiger partial charge in [-0.2, -0.15) is 5.10 Å². The molecule has 0 aliphatic rings. The van der Waals surface area contributed by atoms with Crippen LogP contribution in [-0.2, 0) is 16.1 Å². The lowest BCUT2D eigenvalue weighted by Crippen LogP contribution is -2.37. The lowest BCUT2D eigenvalue weighted by molar-refractivity contribution is -0.139. The van der Waals surface area contributed by atoms with Gasteiger partial charge < -0.3 is 19.2 Å². The molecule has 0 atom stereocenters. The molecule has 1 aromatic heterocycles. The second-order valence-electron chi connectivity index (χ2n) is 4.57. The minimum atomic E-state index is -0.884. The molecular formula is C16H17N3O5. The number of hydrogen-bond donors (Lipinski definition) is 2. The first-order chi connectivity index (χ1) is 11.6. The summed E-state index contributed by atoms with van der Waals surface area (Å²) in [6.07, 6.45) is 2.85. The normalized spacial score (nSPS) is 10.4. The van der Waals surface area contributed by atoms with Crippen molar-refractivity contribution < 1.29 is 23.5 Å². The SMILES string of the molecule is COc1ccc(/C=N\NC(=O)C(=O)NCc2ccco2)c(OC)c1. The molecule has 0 spiro atoms. The largest absolute Gasteiger partial charge is 0.497 e. The molecule has 8 nitrogen and oxygen atoms in total. The Morgan fingerprint density at radius 3 is 2.71 bits per heavy atom. The van der Waals surface area contributed by atoms with Gasteiger partial charge in [-0.15, -0.1) is 0 Å². The Hall–Kier alpha value is -3.29. The van der Waals surface area contributed by atoms with E-state index < -0.39 is 11.8 Å². The van der Waals surface area contributed by atoms with Crippen LogP contribution in [0.1, 0.15) is 11.3 Å². The molecule has 1 heterocycles. The summed E-state index contributed by atoms with van der Waals surface area (Å²) in [6.45, 7) is 0.120. The van der Waals surface area contributed by atoms with Crippen LogP contribution in [0.2, 0.25) is 0 Å². The number of carbonyl (C=O) groups is 2. The second kappa shape index (κ2) is 8.37. The van der Waals surface area contributed by atoms with Crippen molar-refractivity contribution in [3.8, 4) is 11.5 Å². The highest BCUT2D eigenvalue weighted by Crippen LogP contribution is 2.22. The highest BCUT2D eigenvalue weighted by Gasteiger charge is 2.12. The summed E-state index contributed by atoms with van der Waals surface area (Å²) in [5.41, 5.74) is 2.76. The van der Waals surface area contributed by atoms with Gasteiger partial charge in [0.2, 0.25) is 0 Å². The average molecular weight is 331 g/mol. The van der Waals surface area contributed by atoms with Crippen LogP contribution in [0.3, 0.4) is 0 Å². The Labute approximate surface area is 138 Å². The molecule has 2 amide bonds. The summed E-state index contributed by atoms with van der Waals surface area (Å²) in [6, 6.07) is 8.49. The number of carbonyl (C=O) groups excluding carboxylic acids is 2. The number of hydrogen-bond acceptors (Lipinski definition) is 6. The molecule has 1 aromatic carbocycles. The predicted octanol–water partition coefficient (Wildman–Crippen LogP) is 1.06. The molecule has 24 heavy (non-hydrogen) atoms. The molecule has 2 N–H and O–H groups in total. The first-order valence-electron chi connectivity index (χ1n) is 6.99. The molecule has 0 bridgehead atoms. The van der Waals surface area contributed by atoms with Crippen molar-refractivity contribution >= 4 is 18.0 Å². The van der Waals surface area contributed by atoms with E-state index in [1.165, 1.54) is 19.6 Å². The molecule has 0 unspecified atom stereocenters. The highest BCUT2D eigenvalue weighted by atomic mass is 16.5. The Morgan fingerprint density at radius 1 is 1.21 bits per heavy atom. The Morgan fingerprint density at radius 2 is 2.04 bits per heavy atom. The lowest BCUT2D eigenvalue weighted by atomic mass is 10.2. The number of hydrazone groups is 1. The van der Waals surface area contributed by atoms with Crippen LogP contribution in [0.4, 0.5) is 0 Å². The summed E-state index contributed by atoms with van der Waals surface area (Å²) >= 11 is 0. The standard InChI is InChI=1S/C16H17N3O5/c1-22-12-6-5-11(14(8-12)23-2)9-18-19-16(21)15(20)17-10-13-4-3-7-24-13/h3-9H,10H2,1-2H3,(H,17,20)(H,19,21)/b18-9-. The van der Waals surface area contributed by atoms with Crippen LogP contribution in [0.15, 0.2) is 46.1 Å². The van der Waals surface area contributed by atoms with Gasteiger partial charge in [0.1, 0.15) is 17.3 Å². The molecule has 0 aliphatic carbocycles. The number of benzene rings is 1. The zero-order valence-electron chi connectivity index (χ0n) is 13.2. The van der Waals surface area contributed by atoms with Crippen LogP contribution in [0.5, 0.6) is 11.5 Å². The topological polar surface area (TPSA) is 102 Å². The van der Waals surface area contributed by atoms with Gasteiger partial charge in [-0.25, -0.2) is 5.43 Å². The van der Waals surface area contributed by atoms with Crippen molar-refractivity contribution in [1.29, 1.82) is 0 Å². The van der Waals surface area contributed by atoms with E-state index in [2.05, 4.69) is 15.8 Å². The van der Waals surface area contributed by atoms with E-state index in [1.54, 1.807) is 37.4 Å². The van der Waals surface area contributed by atoms with Crippen molar-refractivity contribution in [3.63, 3.8) is 0 Å². The Balaban J connectivity index is 1.88. The monoisotopic (exact) mass is 331 g/mol. The maximum absolute atomic E-state index is 11.6. The Bertz CT molecular complexity index is 725. The number of amides is 2. The van der Waals surface area contributed by atoms with E-state index in [-0.39, 0.29) is 6.54 Å². The molecule has 0 saturated carbocycles. The van der Waals surface area contributed by atoms with E-state index in [0.717, 1.165) is 0 Å². The molecule has 0 radical (unpaired) electrons. The number of furan rings is 1. The molecule has 0 saturated heterocycles. The van der Waals surface area contributed by atoms with E-state index in [4.69, 9.17) is 13.9 Å². The molecule has 8 heteroatoms. The van der Waals surface area contributed by atoms with Crippen molar-refractivity contribution in [3.05, 3.63) is 47.9 Å². The molecule has 0 aliphatic heterocycles. The third-order valence-corrected chi connectivity index (χ3v) is 3.02. The minimum Gasteiger partial charge on any atom is -0.497 e. The van der Waals surface area contributed by atoms with Gasteiger partial charge >= 0.3 is 11.8 Å². The average Bonchev–Trinajstić information content (AvgIpc) is 3.13. The van der Waals surface area contributed by atoms with E-state index in [1.807, 2.05) is 0 Å². The molecule has 0 fully saturated rings.